The minimum atomic E-state index is -0.517. The minimum Gasteiger partial charge on any atom is -0.387 e. The van der Waals surface area contributed by atoms with Gasteiger partial charge >= 0.3 is 0 Å². The molecule has 3 aromatic carbocycles. The van der Waals surface area contributed by atoms with E-state index < -0.39 is 6.10 Å². The van der Waals surface area contributed by atoms with Gasteiger partial charge in [0, 0.05) is 24.2 Å². The third-order valence-corrected chi connectivity index (χ3v) is 7.71. The number of rotatable bonds is 4. The van der Waals surface area contributed by atoms with Crippen LogP contribution in [0.4, 0.5) is 0 Å². The van der Waals surface area contributed by atoms with E-state index in [9.17, 15) is 5.11 Å². The van der Waals surface area contributed by atoms with Crippen molar-refractivity contribution in [1.29, 1.82) is 0 Å². The number of hydrogen-bond donors (Lipinski definition) is 1. The molecule has 0 spiro atoms. The van der Waals surface area contributed by atoms with E-state index in [1.807, 2.05) is 12.3 Å². The number of hydrogen-bond acceptors (Lipinski definition) is 3. The molecule has 3 saturated heterocycles. The molecule has 32 heavy (non-hydrogen) atoms. The van der Waals surface area contributed by atoms with E-state index in [0.717, 1.165) is 41.5 Å². The third kappa shape index (κ3) is 3.16. The van der Waals surface area contributed by atoms with Gasteiger partial charge in [-0.2, -0.15) is 0 Å². The molecule has 1 aromatic heterocycles. The fourth-order valence-electron chi connectivity index (χ4n) is 5.98. The molecule has 2 bridgehead atoms. The van der Waals surface area contributed by atoms with Gasteiger partial charge < -0.3 is 5.11 Å². The van der Waals surface area contributed by atoms with Crippen LogP contribution in [0.2, 0.25) is 0 Å². The first-order valence-electron chi connectivity index (χ1n) is 11.6. The number of benzene rings is 3. The van der Waals surface area contributed by atoms with Gasteiger partial charge in [0.1, 0.15) is 0 Å². The molecule has 1 unspecified atom stereocenters. The second kappa shape index (κ2) is 7.84. The lowest BCUT2D eigenvalue weighted by Gasteiger charge is -2.50. The molecule has 0 saturated carbocycles. The Morgan fingerprint density at radius 1 is 1.03 bits per heavy atom. The Labute approximate surface area is 189 Å². The van der Waals surface area contributed by atoms with Crippen LogP contribution in [0, 0.1) is 11.8 Å². The predicted molar refractivity (Wildman–Crippen MR) is 131 cm³/mol. The predicted octanol–water partition coefficient (Wildman–Crippen LogP) is 5.98. The zero-order valence-electron chi connectivity index (χ0n) is 18.2. The van der Waals surface area contributed by atoms with Gasteiger partial charge in [0.15, 0.2) is 0 Å². The van der Waals surface area contributed by atoms with Gasteiger partial charge in [0.25, 0.3) is 0 Å². The van der Waals surface area contributed by atoms with Crippen molar-refractivity contribution in [2.24, 2.45) is 11.8 Å². The van der Waals surface area contributed by atoms with Crippen molar-refractivity contribution >= 4 is 21.7 Å². The molecule has 7 rings (SSSR count). The van der Waals surface area contributed by atoms with E-state index >= 15 is 0 Å². The summed E-state index contributed by atoms with van der Waals surface area (Å²) in [7, 11) is 0. The fourth-order valence-corrected chi connectivity index (χ4v) is 5.98. The summed E-state index contributed by atoms with van der Waals surface area (Å²) in [6.07, 6.45) is 5.67. The average Bonchev–Trinajstić information content (AvgIpc) is 2.87. The first-order chi connectivity index (χ1) is 15.7. The molecule has 3 nitrogen and oxygen atoms in total. The molecule has 1 N–H and O–H groups in total. The van der Waals surface area contributed by atoms with Crippen LogP contribution in [0.1, 0.15) is 24.5 Å². The maximum atomic E-state index is 11.6. The second-order valence-corrected chi connectivity index (χ2v) is 9.35. The molecule has 0 aliphatic carbocycles. The van der Waals surface area contributed by atoms with Gasteiger partial charge in [0.05, 0.1) is 11.6 Å². The highest BCUT2D eigenvalue weighted by atomic mass is 16.3. The summed E-state index contributed by atoms with van der Waals surface area (Å²) in [4.78, 5) is 7.07. The molecular formula is C29H28N2O. The first kappa shape index (κ1) is 19.7. The Balaban J connectivity index is 1.43. The molecular weight excluding hydrogens is 392 g/mol. The molecule has 3 aliphatic heterocycles. The Hall–Kier alpha value is -3.01. The van der Waals surface area contributed by atoms with Crippen LogP contribution >= 0.6 is 0 Å². The van der Waals surface area contributed by atoms with Gasteiger partial charge in [-0.1, -0.05) is 54.6 Å². The molecule has 3 heteroatoms. The topological polar surface area (TPSA) is 36.4 Å². The minimum absolute atomic E-state index is 0.164. The van der Waals surface area contributed by atoms with Gasteiger partial charge in [0.2, 0.25) is 0 Å². The van der Waals surface area contributed by atoms with Gasteiger partial charge in [-0.25, -0.2) is 0 Å². The van der Waals surface area contributed by atoms with Crippen molar-refractivity contribution in [3.8, 4) is 11.1 Å². The summed E-state index contributed by atoms with van der Waals surface area (Å²) in [6.45, 7) is 6.12. The number of piperidine rings is 3. The van der Waals surface area contributed by atoms with Crippen molar-refractivity contribution < 1.29 is 5.11 Å². The fraction of sp³-hybridized carbons (Fsp3) is 0.276. The summed E-state index contributed by atoms with van der Waals surface area (Å²) in [6, 6.07) is 23.6. The van der Waals surface area contributed by atoms with Crippen molar-refractivity contribution in [2.45, 2.75) is 25.0 Å². The lowest BCUT2D eigenvalue weighted by atomic mass is 9.73. The van der Waals surface area contributed by atoms with Crippen molar-refractivity contribution in [2.75, 3.05) is 13.1 Å². The van der Waals surface area contributed by atoms with E-state index in [4.69, 9.17) is 0 Å². The largest absolute Gasteiger partial charge is 0.387 e. The van der Waals surface area contributed by atoms with Crippen LogP contribution in [0.3, 0.4) is 0 Å². The van der Waals surface area contributed by atoms with Crippen LogP contribution < -0.4 is 0 Å². The van der Waals surface area contributed by atoms with E-state index in [1.165, 1.54) is 22.8 Å². The number of pyridine rings is 1. The van der Waals surface area contributed by atoms with Gasteiger partial charge in [-0.3, -0.25) is 9.88 Å². The van der Waals surface area contributed by atoms with E-state index in [-0.39, 0.29) is 6.04 Å². The summed E-state index contributed by atoms with van der Waals surface area (Å²) < 4.78 is 0. The van der Waals surface area contributed by atoms with Crippen LogP contribution in [-0.2, 0) is 0 Å². The normalized spacial score (nSPS) is 25.8. The maximum Gasteiger partial charge on any atom is 0.0952 e. The highest BCUT2D eigenvalue weighted by Crippen LogP contribution is 2.42. The standard InChI is InChI=1S/C29H28N2O/c1-2-19-18-31-15-13-21(19)17-28(31)29(32)25-12-14-30-27-11-10-22(16-26(25)27)24-9-5-7-20-6-3-4-8-23(20)24/h2-12,14,16,19,21,28-29,32H,1,13,15,17-18H2/t19-,21-,28+,29-/m0/s1. The van der Waals surface area contributed by atoms with Crippen LogP contribution in [-0.4, -0.2) is 34.1 Å². The van der Waals surface area contributed by atoms with E-state index in [0.29, 0.717) is 11.8 Å². The Morgan fingerprint density at radius 2 is 1.91 bits per heavy atom. The van der Waals surface area contributed by atoms with Crippen molar-refractivity contribution in [3.05, 3.63) is 91.1 Å². The molecule has 4 heterocycles. The molecule has 160 valence electrons. The zero-order chi connectivity index (χ0) is 21.7. The zero-order valence-corrected chi connectivity index (χ0v) is 18.2. The number of aliphatic hydroxyl groups is 1. The molecule has 4 aromatic rings. The highest BCUT2D eigenvalue weighted by molar-refractivity contribution is 5.99. The summed E-state index contributed by atoms with van der Waals surface area (Å²) in [5.41, 5.74) is 4.30. The van der Waals surface area contributed by atoms with Crippen molar-refractivity contribution in [3.63, 3.8) is 0 Å². The lowest BCUT2D eigenvalue weighted by molar-refractivity contribution is -0.0444. The summed E-state index contributed by atoms with van der Waals surface area (Å²) in [5, 5.41) is 15.1. The number of fused-ring (bicyclic) bond motifs is 5. The Bertz CT molecular complexity index is 1310. The number of aromatic nitrogens is 1. The lowest BCUT2D eigenvalue weighted by Crippen LogP contribution is -2.54. The van der Waals surface area contributed by atoms with E-state index in [2.05, 4.69) is 83.2 Å². The Morgan fingerprint density at radius 3 is 2.75 bits per heavy atom. The third-order valence-electron chi connectivity index (χ3n) is 7.71. The van der Waals surface area contributed by atoms with Crippen molar-refractivity contribution in [1.82, 2.24) is 9.88 Å². The van der Waals surface area contributed by atoms with Crippen LogP contribution in [0.15, 0.2) is 85.6 Å². The molecule has 3 aliphatic rings. The highest BCUT2D eigenvalue weighted by Gasteiger charge is 2.42. The number of aliphatic hydroxyl groups excluding tert-OH is 1. The van der Waals surface area contributed by atoms with Crippen LogP contribution in [0.25, 0.3) is 32.8 Å². The molecule has 5 atom stereocenters. The van der Waals surface area contributed by atoms with Gasteiger partial charge in [-0.05, 0) is 76.9 Å². The molecule has 0 radical (unpaired) electrons. The number of nitrogens with zero attached hydrogens (tertiary/aromatic N) is 2. The summed E-state index contributed by atoms with van der Waals surface area (Å²) >= 11 is 0. The SMILES string of the molecule is C=C[C@H]1CN2CC[C@H]1C[C@@H]2[C@@H](O)c1ccnc2ccc(-c3cccc4ccccc34)cc12. The molecule has 3 fully saturated rings. The van der Waals surface area contributed by atoms with Gasteiger partial charge in [-0.15, -0.1) is 6.58 Å². The maximum absolute atomic E-state index is 11.6. The smallest absolute Gasteiger partial charge is 0.0952 e. The summed E-state index contributed by atoms with van der Waals surface area (Å²) in [5.74, 6) is 1.19. The average molecular weight is 421 g/mol. The monoisotopic (exact) mass is 420 g/mol. The molecule has 0 amide bonds. The second-order valence-electron chi connectivity index (χ2n) is 9.35. The first-order valence-corrected chi connectivity index (χ1v) is 11.6. The Kier molecular flexibility index (Phi) is 4.82. The van der Waals surface area contributed by atoms with E-state index in [1.54, 1.807) is 0 Å². The quantitative estimate of drug-likeness (QED) is 0.412. The van der Waals surface area contributed by atoms with Crippen LogP contribution in [0.5, 0.6) is 0 Å².